The molecule has 0 atom stereocenters. The smallest absolute Gasteiger partial charge is 0.356 e. The molecule has 7 heteroatoms. The summed E-state index contributed by atoms with van der Waals surface area (Å²) >= 11 is 3.39. The highest BCUT2D eigenvalue weighted by molar-refractivity contribution is 9.10. The number of aromatic nitrogens is 2. The summed E-state index contributed by atoms with van der Waals surface area (Å²) in [7, 11) is 0. The Labute approximate surface area is 148 Å². The Bertz CT molecular complexity index is 796. The van der Waals surface area contributed by atoms with E-state index in [9.17, 15) is 14.7 Å². The summed E-state index contributed by atoms with van der Waals surface area (Å²) in [5, 5.41) is 13.8. The quantitative estimate of drug-likeness (QED) is 0.872. The van der Waals surface area contributed by atoms with Crippen LogP contribution in [0.2, 0.25) is 0 Å². The zero-order chi connectivity index (χ0) is 17.4. The van der Waals surface area contributed by atoms with E-state index in [0.29, 0.717) is 25.1 Å². The fourth-order valence-corrected chi connectivity index (χ4v) is 3.20. The normalized spacial score (nSPS) is 13.9. The van der Waals surface area contributed by atoms with Crippen molar-refractivity contribution in [3.8, 4) is 5.69 Å². The first kappa shape index (κ1) is 16.7. The molecule has 24 heavy (non-hydrogen) atoms. The van der Waals surface area contributed by atoms with Crippen molar-refractivity contribution >= 4 is 27.8 Å². The highest BCUT2D eigenvalue weighted by Crippen LogP contribution is 2.27. The first-order valence-electron chi connectivity index (χ1n) is 7.77. The topological polar surface area (TPSA) is 75.4 Å². The summed E-state index contributed by atoms with van der Waals surface area (Å²) < 4.78 is 2.63. The molecule has 0 saturated heterocycles. The highest BCUT2D eigenvalue weighted by Gasteiger charge is 2.31. The van der Waals surface area contributed by atoms with Crippen LogP contribution in [0.3, 0.4) is 0 Å². The number of hydrogen-bond donors (Lipinski definition) is 1. The Hall–Kier alpha value is -2.15. The third-order valence-corrected chi connectivity index (χ3v) is 4.67. The molecule has 6 nitrogen and oxygen atoms in total. The van der Waals surface area contributed by atoms with Gasteiger partial charge in [-0.2, -0.15) is 5.10 Å². The van der Waals surface area contributed by atoms with Gasteiger partial charge in [-0.1, -0.05) is 29.8 Å². The van der Waals surface area contributed by atoms with Gasteiger partial charge in [0.1, 0.15) is 0 Å². The molecule has 0 spiro atoms. The van der Waals surface area contributed by atoms with Gasteiger partial charge in [0.25, 0.3) is 0 Å². The van der Waals surface area contributed by atoms with E-state index in [1.807, 2.05) is 38.1 Å². The maximum Gasteiger partial charge on any atom is 0.356 e. The Morgan fingerprint density at radius 3 is 2.50 bits per heavy atom. The van der Waals surface area contributed by atoms with Gasteiger partial charge in [0, 0.05) is 35.5 Å². The number of amides is 1. The molecule has 2 aromatic rings. The van der Waals surface area contributed by atoms with Crippen LogP contribution >= 0.6 is 15.9 Å². The second-order valence-electron chi connectivity index (χ2n) is 6.13. The standard InChI is InChI=1S/C17H18BrN3O3/c1-10(2)16(22)20-8-7-14-13(9-20)15(17(23)24)19-21(14)12-5-3-11(18)4-6-12/h3-6,10H,7-9H2,1-2H3,(H,23,24). The minimum absolute atomic E-state index is 0.0224. The zero-order valence-corrected chi connectivity index (χ0v) is 15.1. The second-order valence-corrected chi connectivity index (χ2v) is 7.05. The maximum absolute atomic E-state index is 12.2. The molecule has 1 N–H and O–H groups in total. The number of nitrogens with zero attached hydrogens (tertiary/aromatic N) is 3. The van der Waals surface area contributed by atoms with Gasteiger partial charge >= 0.3 is 5.97 Å². The summed E-state index contributed by atoms with van der Waals surface area (Å²) in [5.41, 5.74) is 2.33. The van der Waals surface area contributed by atoms with Crippen molar-refractivity contribution in [2.75, 3.05) is 6.54 Å². The van der Waals surface area contributed by atoms with Crippen molar-refractivity contribution in [1.82, 2.24) is 14.7 Å². The average molecular weight is 392 g/mol. The van der Waals surface area contributed by atoms with Crippen LogP contribution in [0.25, 0.3) is 5.69 Å². The van der Waals surface area contributed by atoms with Crippen molar-refractivity contribution in [2.45, 2.75) is 26.8 Å². The average Bonchev–Trinajstić information content (AvgIpc) is 2.93. The number of carboxylic acids is 1. The van der Waals surface area contributed by atoms with E-state index in [-0.39, 0.29) is 17.5 Å². The molecule has 1 aromatic heterocycles. The first-order chi connectivity index (χ1) is 11.4. The number of benzene rings is 1. The second kappa shape index (κ2) is 6.39. The van der Waals surface area contributed by atoms with Crippen molar-refractivity contribution in [3.63, 3.8) is 0 Å². The molecule has 0 bridgehead atoms. The number of carbonyl (C=O) groups excluding carboxylic acids is 1. The van der Waals surface area contributed by atoms with Gasteiger partial charge in [0.15, 0.2) is 5.69 Å². The molecule has 126 valence electrons. The van der Waals surface area contributed by atoms with Crippen LogP contribution in [0.5, 0.6) is 0 Å². The van der Waals surface area contributed by atoms with Gasteiger partial charge in [0.05, 0.1) is 11.4 Å². The Balaban J connectivity index is 2.04. The van der Waals surface area contributed by atoms with Crippen molar-refractivity contribution in [1.29, 1.82) is 0 Å². The van der Waals surface area contributed by atoms with E-state index >= 15 is 0 Å². The molecule has 0 saturated carbocycles. The molecule has 1 aliphatic rings. The fourth-order valence-electron chi connectivity index (χ4n) is 2.94. The predicted octanol–water partition coefficient (Wildman–Crippen LogP) is 2.87. The zero-order valence-electron chi connectivity index (χ0n) is 13.5. The monoisotopic (exact) mass is 391 g/mol. The summed E-state index contributed by atoms with van der Waals surface area (Å²) in [4.78, 5) is 25.6. The largest absolute Gasteiger partial charge is 0.476 e. The Morgan fingerprint density at radius 1 is 1.25 bits per heavy atom. The van der Waals surface area contributed by atoms with E-state index < -0.39 is 5.97 Å². The number of rotatable bonds is 3. The molecule has 1 aliphatic heterocycles. The van der Waals surface area contributed by atoms with Crippen molar-refractivity contribution < 1.29 is 14.7 Å². The number of fused-ring (bicyclic) bond motifs is 1. The number of halogens is 1. The lowest BCUT2D eigenvalue weighted by molar-refractivity contribution is -0.135. The van der Waals surface area contributed by atoms with Crippen LogP contribution < -0.4 is 0 Å². The number of hydrogen-bond acceptors (Lipinski definition) is 3. The maximum atomic E-state index is 12.2. The molecule has 0 fully saturated rings. The van der Waals surface area contributed by atoms with E-state index in [4.69, 9.17) is 0 Å². The van der Waals surface area contributed by atoms with Crippen molar-refractivity contribution in [2.24, 2.45) is 5.92 Å². The van der Waals surface area contributed by atoms with E-state index in [1.54, 1.807) is 9.58 Å². The lowest BCUT2D eigenvalue weighted by Crippen LogP contribution is -2.39. The van der Waals surface area contributed by atoms with Gasteiger partial charge in [-0.25, -0.2) is 9.48 Å². The summed E-state index contributed by atoms with van der Waals surface area (Å²) in [6, 6.07) is 7.55. The van der Waals surface area contributed by atoms with Gasteiger partial charge in [-0.05, 0) is 24.3 Å². The Morgan fingerprint density at radius 2 is 1.92 bits per heavy atom. The highest BCUT2D eigenvalue weighted by atomic mass is 79.9. The molecule has 0 unspecified atom stereocenters. The van der Waals surface area contributed by atoms with Crippen LogP contribution in [0, 0.1) is 5.92 Å². The lowest BCUT2D eigenvalue weighted by atomic mass is 10.0. The molecular formula is C17H18BrN3O3. The SMILES string of the molecule is CC(C)C(=O)N1CCc2c(c(C(=O)O)nn2-c2ccc(Br)cc2)C1. The first-order valence-corrected chi connectivity index (χ1v) is 8.56. The minimum atomic E-state index is -1.07. The molecule has 0 aliphatic carbocycles. The van der Waals surface area contributed by atoms with E-state index in [0.717, 1.165) is 15.9 Å². The van der Waals surface area contributed by atoms with E-state index in [2.05, 4.69) is 21.0 Å². The van der Waals surface area contributed by atoms with Gasteiger partial charge in [0.2, 0.25) is 5.91 Å². The molecular weight excluding hydrogens is 374 g/mol. The summed E-state index contributed by atoms with van der Waals surface area (Å²) in [5.74, 6) is -1.14. The predicted molar refractivity (Wildman–Crippen MR) is 92.2 cm³/mol. The third-order valence-electron chi connectivity index (χ3n) is 4.14. The number of carbonyl (C=O) groups is 2. The van der Waals surface area contributed by atoms with Gasteiger partial charge in [-0.15, -0.1) is 0 Å². The number of aromatic carboxylic acids is 1. The molecule has 3 rings (SSSR count). The summed E-state index contributed by atoms with van der Waals surface area (Å²) in [6.45, 7) is 4.57. The molecule has 1 aromatic carbocycles. The van der Waals surface area contributed by atoms with Crippen LogP contribution in [0.1, 0.15) is 35.6 Å². The van der Waals surface area contributed by atoms with Gasteiger partial charge < -0.3 is 10.0 Å². The number of carboxylic acid groups (broad SMARTS) is 1. The lowest BCUT2D eigenvalue weighted by Gasteiger charge is -2.29. The Kier molecular flexibility index (Phi) is 4.45. The fraction of sp³-hybridized carbons (Fsp3) is 0.353. The van der Waals surface area contributed by atoms with Crippen LogP contribution in [-0.2, 0) is 17.8 Å². The van der Waals surface area contributed by atoms with Crippen LogP contribution in [0.4, 0.5) is 0 Å². The van der Waals surface area contributed by atoms with E-state index in [1.165, 1.54) is 0 Å². The van der Waals surface area contributed by atoms with Crippen LogP contribution in [-0.4, -0.2) is 38.2 Å². The molecule has 2 heterocycles. The molecule has 1 amide bonds. The summed E-state index contributed by atoms with van der Waals surface area (Å²) in [6.07, 6.45) is 0.587. The minimum Gasteiger partial charge on any atom is -0.476 e. The van der Waals surface area contributed by atoms with Crippen molar-refractivity contribution in [3.05, 3.63) is 45.7 Å². The van der Waals surface area contributed by atoms with Gasteiger partial charge in [-0.3, -0.25) is 4.79 Å². The third kappa shape index (κ3) is 2.96. The van der Waals surface area contributed by atoms with Crippen LogP contribution in [0.15, 0.2) is 28.7 Å². The molecule has 0 radical (unpaired) electrons.